The Hall–Kier alpha value is -0.160. The molecule has 0 aromatic rings. The van der Waals surface area contributed by atoms with E-state index in [4.69, 9.17) is 4.74 Å². The molecule has 18 heavy (non-hydrogen) atoms. The molecule has 0 radical (unpaired) electrons. The van der Waals surface area contributed by atoms with Gasteiger partial charge in [-0.3, -0.25) is 0 Å². The van der Waals surface area contributed by atoms with E-state index in [2.05, 4.69) is 19.2 Å². The zero-order chi connectivity index (χ0) is 13.6. The predicted molar refractivity (Wildman–Crippen MR) is 72.5 cm³/mol. The van der Waals surface area contributed by atoms with E-state index < -0.39 is 6.10 Å². The number of aliphatic hydroxyl groups is 2. The topological polar surface area (TPSA) is 61.7 Å². The summed E-state index contributed by atoms with van der Waals surface area (Å²) in [6.45, 7) is 7.39. The van der Waals surface area contributed by atoms with Gasteiger partial charge in [-0.05, 0) is 38.5 Å². The van der Waals surface area contributed by atoms with Crippen LogP contribution in [0.3, 0.4) is 0 Å². The van der Waals surface area contributed by atoms with E-state index in [0.29, 0.717) is 19.1 Å². The monoisotopic (exact) mass is 259 g/mol. The average molecular weight is 259 g/mol. The van der Waals surface area contributed by atoms with Crippen molar-refractivity contribution >= 4 is 0 Å². The molecule has 3 N–H and O–H groups in total. The molecule has 108 valence electrons. The maximum Gasteiger partial charge on any atom is 0.0898 e. The molecule has 2 atom stereocenters. The highest BCUT2D eigenvalue weighted by molar-refractivity contribution is 4.95. The van der Waals surface area contributed by atoms with Crippen LogP contribution in [0.2, 0.25) is 0 Å². The van der Waals surface area contributed by atoms with Crippen molar-refractivity contribution in [2.45, 2.75) is 64.2 Å². The summed E-state index contributed by atoms with van der Waals surface area (Å²) < 4.78 is 5.61. The maximum atomic E-state index is 9.84. The molecule has 4 nitrogen and oxygen atoms in total. The van der Waals surface area contributed by atoms with Crippen LogP contribution >= 0.6 is 0 Å². The first-order chi connectivity index (χ1) is 8.47. The Morgan fingerprint density at radius 1 is 1.28 bits per heavy atom. The van der Waals surface area contributed by atoms with Crippen molar-refractivity contribution in [2.75, 3.05) is 19.8 Å². The highest BCUT2D eigenvalue weighted by Gasteiger charge is 2.35. The van der Waals surface area contributed by atoms with E-state index in [1.54, 1.807) is 0 Å². The van der Waals surface area contributed by atoms with Crippen LogP contribution in [-0.4, -0.2) is 47.7 Å². The standard InChI is InChI=1S/C14H29NO3/c1-11(2)7-12(3)18-9-13(17)8-15-14(10-16)5-4-6-14/h11-13,15-17H,4-10H2,1-3H3. The summed E-state index contributed by atoms with van der Waals surface area (Å²) in [5.41, 5.74) is -0.134. The third-order valence-corrected chi connectivity index (χ3v) is 3.70. The van der Waals surface area contributed by atoms with Crippen molar-refractivity contribution in [2.24, 2.45) is 5.92 Å². The lowest BCUT2D eigenvalue weighted by Gasteiger charge is -2.41. The quantitative estimate of drug-likeness (QED) is 0.584. The molecule has 0 amide bonds. The molecule has 1 aliphatic carbocycles. The Kier molecular flexibility index (Phi) is 6.57. The van der Waals surface area contributed by atoms with Gasteiger partial charge in [-0.25, -0.2) is 0 Å². The van der Waals surface area contributed by atoms with Crippen molar-refractivity contribution < 1.29 is 14.9 Å². The summed E-state index contributed by atoms with van der Waals surface area (Å²) in [7, 11) is 0. The lowest BCUT2D eigenvalue weighted by molar-refractivity contribution is -0.0162. The summed E-state index contributed by atoms with van der Waals surface area (Å²) in [4.78, 5) is 0. The zero-order valence-electron chi connectivity index (χ0n) is 12.0. The predicted octanol–water partition coefficient (Wildman–Crippen LogP) is 1.30. The fourth-order valence-electron chi connectivity index (χ4n) is 2.39. The van der Waals surface area contributed by atoms with Crippen molar-refractivity contribution in [3.63, 3.8) is 0 Å². The number of rotatable bonds is 9. The van der Waals surface area contributed by atoms with Gasteiger partial charge in [0.1, 0.15) is 0 Å². The molecule has 0 bridgehead atoms. The van der Waals surface area contributed by atoms with Crippen LogP contribution < -0.4 is 5.32 Å². The second-order valence-electron chi connectivity index (χ2n) is 6.10. The third-order valence-electron chi connectivity index (χ3n) is 3.70. The van der Waals surface area contributed by atoms with Gasteiger partial charge in [-0.15, -0.1) is 0 Å². The molecule has 0 saturated heterocycles. The summed E-state index contributed by atoms with van der Waals surface area (Å²) in [6.07, 6.45) is 3.87. The number of ether oxygens (including phenoxy) is 1. The molecule has 0 aliphatic heterocycles. The Balaban J connectivity index is 2.11. The minimum atomic E-state index is -0.497. The van der Waals surface area contributed by atoms with Crippen LogP contribution in [0, 0.1) is 5.92 Å². The summed E-state index contributed by atoms with van der Waals surface area (Å²) in [5, 5.41) is 22.4. The highest BCUT2D eigenvalue weighted by atomic mass is 16.5. The molecule has 0 aromatic heterocycles. The first kappa shape index (κ1) is 15.9. The lowest BCUT2D eigenvalue weighted by Crippen LogP contribution is -2.56. The fraction of sp³-hybridized carbons (Fsp3) is 1.00. The third kappa shape index (κ3) is 5.22. The van der Waals surface area contributed by atoms with Crippen molar-refractivity contribution in [3.8, 4) is 0 Å². The number of β-amino-alcohol motifs (C(OH)–C–C–N with tert-alkyl or cyclic N) is 1. The smallest absolute Gasteiger partial charge is 0.0898 e. The van der Waals surface area contributed by atoms with Gasteiger partial charge in [0.2, 0.25) is 0 Å². The van der Waals surface area contributed by atoms with E-state index in [0.717, 1.165) is 25.7 Å². The van der Waals surface area contributed by atoms with Crippen LogP contribution in [0.5, 0.6) is 0 Å². The molecule has 1 aliphatic rings. The largest absolute Gasteiger partial charge is 0.394 e. The molecule has 1 rings (SSSR count). The Labute approximate surface area is 111 Å². The van der Waals surface area contributed by atoms with E-state index in [1.807, 2.05) is 6.92 Å². The van der Waals surface area contributed by atoms with Gasteiger partial charge in [0, 0.05) is 12.1 Å². The van der Waals surface area contributed by atoms with E-state index in [1.165, 1.54) is 0 Å². The number of nitrogens with one attached hydrogen (secondary N) is 1. The molecule has 1 fully saturated rings. The van der Waals surface area contributed by atoms with Gasteiger partial charge in [0.15, 0.2) is 0 Å². The molecular weight excluding hydrogens is 230 g/mol. The Morgan fingerprint density at radius 3 is 2.39 bits per heavy atom. The lowest BCUT2D eigenvalue weighted by atomic mass is 9.77. The van der Waals surface area contributed by atoms with E-state index >= 15 is 0 Å². The number of aliphatic hydroxyl groups excluding tert-OH is 2. The second kappa shape index (κ2) is 7.43. The first-order valence-corrected chi connectivity index (χ1v) is 7.13. The van der Waals surface area contributed by atoms with Gasteiger partial charge >= 0.3 is 0 Å². The van der Waals surface area contributed by atoms with Crippen LogP contribution in [0.1, 0.15) is 46.5 Å². The second-order valence-corrected chi connectivity index (χ2v) is 6.10. The minimum Gasteiger partial charge on any atom is -0.394 e. The van der Waals surface area contributed by atoms with E-state index in [-0.39, 0.29) is 18.2 Å². The SMILES string of the molecule is CC(C)CC(C)OCC(O)CNC1(CO)CCC1. The van der Waals surface area contributed by atoms with Gasteiger partial charge in [0.05, 0.1) is 25.4 Å². The molecule has 4 heteroatoms. The van der Waals surface area contributed by atoms with Crippen molar-refractivity contribution in [3.05, 3.63) is 0 Å². The van der Waals surface area contributed by atoms with Crippen LogP contribution in [0.15, 0.2) is 0 Å². The Bertz CT molecular complexity index is 224. The Morgan fingerprint density at radius 2 is 1.94 bits per heavy atom. The molecule has 1 saturated carbocycles. The van der Waals surface area contributed by atoms with Crippen LogP contribution in [0.4, 0.5) is 0 Å². The van der Waals surface area contributed by atoms with Crippen molar-refractivity contribution in [1.29, 1.82) is 0 Å². The maximum absolute atomic E-state index is 9.84. The summed E-state index contributed by atoms with van der Waals surface area (Å²) in [6, 6.07) is 0. The molecule has 0 aromatic carbocycles. The number of hydrogen-bond donors (Lipinski definition) is 3. The highest BCUT2D eigenvalue weighted by Crippen LogP contribution is 2.30. The van der Waals surface area contributed by atoms with Gasteiger partial charge in [-0.1, -0.05) is 13.8 Å². The van der Waals surface area contributed by atoms with Crippen LogP contribution in [-0.2, 0) is 4.74 Å². The summed E-state index contributed by atoms with van der Waals surface area (Å²) in [5.74, 6) is 0.614. The summed E-state index contributed by atoms with van der Waals surface area (Å²) >= 11 is 0. The van der Waals surface area contributed by atoms with Gasteiger partial charge in [-0.2, -0.15) is 0 Å². The van der Waals surface area contributed by atoms with Gasteiger partial charge in [0.25, 0.3) is 0 Å². The molecular formula is C14H29NO3. The fourth-order valence-corrected chi connectivity index (χ4v) is 2.39. The van der Waals surface area contributed by atoms with Gasteiger partial charge < -0.3 is 20.3 Å². The van der Waals surface area contributed by atoms with Crippen molar-refractivity contribution in [1.82, 2.24) is 5.32 Å². The average Bonchev–Trinajstić information content (AvgIpc) is 2.24. The minimum absolute atomic E-state index is 0.134. The molecule has 2 unspecified atom stereocenters. The first-order valence-electron chi connectivity index (χ1n) is 7.13. The van der Waals surface area contributed by atoms with Crippen LogP contribution in [0.25, 0.3) is 0 Å². The normalized spacial score (nSPS) is 21.7. The number of hydrogen-bond acceptors (Lipinski definition) is 4. The van der Waals surface area contributed by atoms with E-state index in [9.17, 15) is 10.2 Å². The molecule has 0 heterocycles. The zero-order valence-corrected chi connectivity index (χ0v) is 12.0. The molecule has 0 spiro atoms.